The fourth-order valence-electron chi connectivity index (χ4n) is 2.93. The Bertz CT molecular complexity index is 802. The van der Waals surface area contributed by atoms with Crippen LogP contribution in [0.5, 0.6) is 0 Å². The Balaban J connectivity index is 1.88. The highest BCUT2D eigenvalue weighted by molar-refractivity contribution is 6.30. The molecule has 0 spiro atoms. The fraction of sp³-hybridized carbons (Fsp3) is 0.438. The van der Waals surface area contributed by atoms with E-state index in [1.807, 2.05) is 0 Å². The van der Waals surface area contributed by atoms with Crippen molar-refractivity contribution in [2.24, 2.45) is 0 Å². The third-order valence-corrected chi connectivity index (χ3v) is 4.66. The molecule has 4 atom stereocenters. The zero-order chi connectivity index (χ0) is 18.8. The van der Waals surface area contributed by atoms with Crippen molar-refractivity contribution in [3.63, 3.8) is 0 Å². The Hall–Kier alpha value is -2.07. The van der Waals surface area contributed by atoms with Crippen LogP contribution in [0, 0.1) is 5.82 Å². The Morgan fingerprint density at radius 2 is 2.31 bits per heavy atom. The molecule has 1 aromatic carbocycles. The number of aliphatic hydroxyl groups excluding tert-OH is 2. The van der Waals surface area contributed by atoms with Gasteiger partial charge in [-0.2, -0.15) is 0 Å². The van der Waals surface area contributed by atoms with Crippen LogP contribution in [0.2, 0.25) is 5.02 Å². The fourth-order valence-corrected chi connectivity index (χ4v) is 3.04. The number of aromatic nitrogens is 3. The summed E-state index contributed by atoms with van der Waals surface area (Å²) in [6, 6.07) is 3.62. The van der Waals surface area contributed by atoms with E-state index in [0.717, 1.165) is 0 Å². The molecule has 2 aromatic rings. The first-order valence-corrected chi connectivity index (χ1v) is 8.35. The minimum atomic E-state index is -1.09. The number of carbonyl (C=O) groups is 1. The summed E-state index contributed by atoms with van der Waals surface area (Å²) >= 11 is 5.68. The normalized spacial score (nSPS) is 25.9. The highest BCUT2D eigenvalue weighted by Gasteiger charge is 2.41. The van der Waals surface area contributed by atoms with Crippen molar-refractivity contribution < 1.29 is 24.1 Å². The van der Waals surface area contributed by atoms with E-state index in [1.165, 1.54) is 30.1 Å². The van der Waals surface area contributed by atoms with E-state index in [4.69, 9.17) is 16.3 Å². The Morgan fingerprint density at radius 1 is 1.54 bits per heavy atom. The predicted octanol–water partition coefficient (Wildman–Crippen LogP) is 0.535. The number of likely N-dealkylation sites (N-methyl/N-ethyl adjacent to an activating group) is 1. The highest BCUT2D eigenvalue weighted by atomic mass is 35.5. The third-order valence-electron chi connectivity index (χ3n) is 4.35. The van der Waals surface area contributed by atoms with Crippen LogP contribution in [0.1, 0.15) is 12.5 Å². The molecule has 1 aromatic heterocycles. The van der Waals surface area contributed by atoms with Gasteiger partial charge < -0.3 is 20.3 Å². The molecule has 3 N–H and O–H groups in total. The molecular weight excluding hydrogens is 367 g/mol. The van der Waals surface area contributed by atoms with Crippen LogP contribution in [0.15, 0.2) is 24.4 Å². The van der Waals surface area contributed by atoms with Crippen LogP contribution in [-0.2, 0) is 9.53 Å². The second-order valence-electron chi connectivity index (χ2n) is 5.97. The molecule has 0 saturated carbocycles. The van der Waals surface area contributed by atoms with Gasteiger partial charge in [-0.3, -0.25) is 4.79 Å². The van der Waals surface area contributed by atoms with Crippen LogP contribution < -0.4 is 5.32 Å². The van der Waals surface area contributed by atoms with Crippen LogP contribution in [0.4, 0.5) is 4.39 Å². The van der Waals surface area contributed by atoms with Gasteiger partial charge in [-0.25, -0.2) is 9.07 Å². The Morgan fingerprint density at radius 3 is 2.96 bits per heavy atom. The number of hydrogen-bond acceptors (Lipinski definition) is 6. The molecule has 1 aliphatic heterocycles. The first kappa shape index (κ1) is 18.7. The van der Waals surface area contributed by atoms with Crippen molar-refractivity contribution in [3.8, 4) is 11.3 Å². The second-order valence-corrected chi connectivity index (χ2v) is 6.37. The Labute approximate surface area is 153 Å². The number of halogens is 2. The van der Waals surface area contributed by atoms with E-state index < -0.39 is 36.8 Å². The lowest BCUT2D eigenvalue weighted by atomic mass is 9.95. The number of nitrogens with one attached hydrogen (secondary N) is 1. The maximum absolute atomic E-state index is 13.6. The summed E-state index contributed by atoms with van der Waals surface area (Å²) in [6.45, 7) is -0.449. The summed E-state index contributed by atoms with van der Waals surface area (Å²) in [4.78, 5) is 11.9. The van der Waals surface area contributed by atoms with Gasteiger partial charge in [-0.05, 0) is 12.1 Å². The smallest absolute Gasteiger partial charge is 0.248 e. The van der Waals surface area contributed by atoms with Gasteiger partial charge in [0.2, 0.25) is 5.91 Å². The summed E-state index contributed by atoms with van der Waals surface area (Å²) in [5.74, 6) is -0.940. The molecule has 1 amide bonds. The maximum Gasteiger partial charge on any atom is 0.248 e. The molecular formula is C16H18ClFN4O4. The van der Waals surface area contributed by atoms with E-state index in [1.54, 1.807) is 6.07 Å². The largest absolute Gasteiger partial charge is 0.394 e. The van der Waals surface area contributed by atoms with E-state index >= 15 is 0 Å². The van der Waals surface area contributed by atoms with Crippen LogP contribution in [0.25, 0.3) is 11.3 Å². The highest BCUT2D eigenvalue weighted by Crippen LogP contribution is 2.30. The number of ether oxygens (including phenoxy) is 1. The van der Waals surface area contributed by atoms with Crippen molar-refractivity contribution in [2.45, 2.75) is 30.8 Å². The lowest BCUT2D eigenvalue weighted by Gasteiger charge is -2.37. The molecule has 0 radical (unpaired) electrons. The summed E-state index contributed by atoms with van der Waals surface area (Å²) in [5.41, 5.74) is 0.859. The maximum atomic E-state index is 13.6. The molecule has 10 heteroatoms. The quantitative estimate of drug-likeness (QED) is 0.709. The van der Waals surface area contributed by atoms with Gasteiger partial charge in [0.1, 0.15) is 29.8 Å². The van der Waals surface area contributed by atoms with Crippen molar-refractivity contribution in [3.05, 3.63) is 35.2 Å². The van der Waals surface area contributed by atoms with Gasteiger partial charge in [0.05, 0.1) is 23.9 Å². The molecule has 8 nitrogen and oxygen atoms in total. The van der Waals surface area contributed by atoms with Gasteiger partial charge in [-0.15, -0.1) is 5.10 Å². The first-order valence-electron chi connectivity index (χ1n) is 7.97. The first-order chi connectivity index (χ1) is 12.4. The summed E-state index contributed by atoms with van der Waals surface area (Å²) in [5, 5.41) is 30.3. The zero-order valence-corrected chi connectivity index (χ0v) is 14.6. The monoisotopic (exact) mass is 384 g/mol. The number of hydrogen-bond donors (Lipinski definition) is 3. The van der Waals surface area contributed by atoms with Crippen molar-refractivity contribution in [1.82, 2.24) is 20.3 Å². The van der Waals surface area contributed by atoms with Crippen molar-refractivity contribution >= 4 is 17.5 Å². The van der Waals surface area contributed by atoms with Crippen LogP contribution in [0.3, 0.4) is 0 Å². The SMILES string of the molecule is CNC(=O)[C@H]1C[C@@H](n2cc(-c3ccc(Cl)c(F)c3)nn2)[C@@H](O)[C@@H](CO)O1. The van der Waals surface area contributed by atoms with Gasteiger partial charge in [-0.1, -0.05) is 22.9 Å². The standard InChI is InChI=1S/C16H18ClFN4O4/c1-19-16(25)13-5-12(15(24)14(7-23)26-13)22-6-11(20-21-22)8-2-3-9(17)10(18)4-8/h2-4,6,12-15,23-24H,5,7H2,1H3,(H,19,25)/t12-,13-,14-,15-/m1/s1. The van der Waals surface area contributed by atoms with E-state index in [2.05, 4.69) is 15.6 Å². The summed E-state index contributed by atoms with van der Waals surface area (Å²) < 4.78 is 20.5. The lowest BCUT2D eigenvalue weighted by Crippen LogP contribution is -2.51. The lowest BCUT2D eigenvalue weighted by molar-refractivity contribution is -0.170. The minimum Gasteiger partial charge on any atom is -0.394 e. The average Bonchev–Trinajstić information content (AvgIpc) is 3.13. The minimum absolute atomic E-state index is 0.000186. The third kappa shape index (κ3) is 3.56. The number of nitrogens with zero attached hydrogens (tertiary/aromatic N) is 3. The van der Waals surface area contributed by atoms with Gasteiger partial charge in [0, 0.05) is 19.0 Å². The van der Waals surface area contributed by atoms with Crippen LogP contribution >= 0.6 is 11.6 Å². The number of benzene rings is 1. The summed E-state index contributed by atoms with van der Waals surface area (Å²) in [7, 11) is 1.47. The molecule has 1 saturated heterocycles. The number of aliphatic hydroxyl groups is 2. The predicted molar refractivity (Wildman–Crippen MR) is 89.9 cm³/mol. The molecule has 2 heterocycles. The van der Waals surface area contributed by atoms with E-state index in [0.29, 0.717) is 11.3 Å². The zero-order valence-electron chi connectivity index (χ0n) is 13.8. The van der Waals surface area contributed by atoms with Crippen molar-refractivity contribution in [1.29, 1.82) is 0 Å². The molecule has 1 aliphatic rings. The molecule has 0 bridgehead atoms. The molecule has 140 valence electrons. The van der Waals surface area contributed by atoms with Crippen molar-refractivity contribution in [2.75, 3.05) is 13.7 Å². The molecule has 26 heavy (non-hydrogen) atoms. The number of rotatable bonds is 4. The molecule has 0 aliphatic carbocycles. The van der Waals surface area contributed by atoms with Gasteiger partial charge in [0.25, 0.3) is 0 Å². The van der Waals surface area contributed by atoms with E-state index in [-0.39, 0.29) is 17.4 Å². The Kier molecular flexibility index (Phi) is 5.52. The topological polar surface area (TPSA) is 110 Å². The molecule has 3 rings (SSSR count). The molecule has 1 fully saturated rings. The van der Waals surface area contributed by atoms with Crippen LogP contribution in [-0.4, -0.2) is 63.1 Å². The second kappa shape index (κ2) is 7.67. The van der Waals surface area contributed by atoms with Gasteiger partial charge in [0.15, 0.2) is 0 Å². The average molecular weight is 385 g/mol. The number of carbonyl (C=O) groups excluding carboxylic acids is 1. The summed E-state index contributed by atoms with van der Waals surface area (Å²) in [6.07, 6.45) is -1.17. The molecule has 0 unspecified atom stereocenters. The van der Waals surface area contributed by atoms with Gasteiger partial charge >= 0.3 is 0 Å². The number of amides is 1. The van der Waals surface area contributed by atoms with E-state index in [9.17, 15) is 19.4 Å².